The predicted octanol–water partition coefficient (Wildman–Crippen LogP) is 2.31. The molecule has 100 valence electrons. The molecule has 1 saturated heterocycles. The Balaban J connectivity index is 1.87. The van der Waals surface area contributed by atoms with Crippen LogP contribution in [0.5, 0.6) is 0 Å². The van der Waals surface area contributed by atoms with Crippen LogP contribution in [0.2, 0.25) is 5.02 Å². The third kappa shape index (κ3) is 3.95. The Bertz CT molecular complexity index is 374. The van der Waals surface area contributed by atoms with Gasteiger partial charge in [-0.05, 0) is 24.7 Å². The highest BCUT2D eigenvalue weighted by Crippen LogP contribution is 2.22. The van der Waals surface area contributed by atoms with E-state index >= 15 is 0 Å². The summed E-state index contributed by atoms with van der Waals surface area (Å²) in [4.78, 5) is 2.15. The van der Waals surface area contributed by atoms with Gasteiger partial charge in [0.2, 0.25) is 0 Å². The van der Waals surface area contributed by atoms with Crippen molar-refractivity contribution in [3.8, 4) is 0 Å². The molecule has 0 aromatic heterocycles. The van der Waals surface area contributed by atoms with E-state index in [0.717, 1.165) is 24.4 Å². The summed E-state index contributed by atoms with van der Waals surface area (Å²) < 4.78 is 5.28. The highest BCUT2D eigenvalue weighted by molar-refractivity contribution is 6.30. The number of hydrogen-bond donors (Lipinski definition) is 1. The molecule has 1 aromatic carbocycles. The average molecular weight is 270 g/mol. The molecule has 0 bridgehead atoms. The van der Waals surface area contributed by atoms with Crippen LogP contribution in [0.1, 0.15) is 18.4 Å². The molecule has 0 spiro atoms. The monoisotopic (exact) mass is 269 g/mol. The molecule has 1 aliphatic rings. The van der Waals surface area contributed by atoms with Crippen molar-refractivity contribution in [1.82, 2.24) is 4.90 Å². The summed E-state index contributed by atoms with van der Waals surface area (Å²) in [6.45, 7) is 2.82. The van der Waals surface area contributed by atoms with Crippen LogP contribution in [-0.2, 0) is 11.3 Å². The summed E-state index contributed by atoms with van der Waals surface area (Å²) in [6.07, 6.45) is 1.44. The van der Waals surface area contributed by atoms with Gasteiger partial charge >= 0.3 is 0 Å². The number of ether oxygens (including phenoxy) is 1. The zero-order valence-electron chi connectivity index (χ0n) is 10.7. The molecule has 1 heterocycles. The van der Waals surface area contributed by atoms with E-state index < -0.39 is 5.60 Å². The topological polar surface area (TPSA) is 32.7 Å². The molecule has 18 heavy (non-hydrogen) atoms. The van der Waals surface area contributed by atoms with Gasteiger partial charge < -0.3 is 9.84 Å². The number of aliphatic hydroxyl groups is 1. The van der Waals surface area contributed by atoms with Crippen LogP contribution in [-0.4, -0.2) is 42.4 Å². The fraction of sp³-hybridized carbons (Fsp3) is 0.571. The zero-order valence-corrected chi connectivity index (χ0v) is 11.5. The minimum absolute atomic E-state index is 0.598. The van der Waals surface area contributed by atoms with Gasteiger partial charge in [-0.3, -0.25) is 4.90 Å². The maximum Gasteiger partial charge on any atom is 0.0817 e. The molecule has 0 saturated carbocycles. The molecule has 1 aromatic rings. The molecule has 0 amide bonds. The second-order valence-electron chi connectivity index (χ2n) is 5.14. The number of likely N-dealkylation sites (N-methyl/N-ethyl adjacent to an activating group) is 1. The number of nitrogens with zero attached hydrogens (tertiary/aromatic N) is 1. The van der Waals surface area contributed by atoms with Crippen molar-refractivity contribution in [3.63, 3.8) is 0 Å². The standard InChI is InChI=1S/C14H20ClNO2/c1-16(10-12-2-4-13(15)5-3-12)11-14(17)6-8-18-9-7-14/h2-5,17H,6-11H2,1H3. The van der Waals surface area contributed by atoms with Crippen LogP contribution in [0.15, 0.2) is 24.3 Å². The average Bonchev–Trinajstić information content (AvgIpc) is 2.32. The van der Waals surface area contributed by atoms with Crippen LogP contribution < -0.4 is 0 Å². The van der Waals surface area contributed by atoms with Gasteiger partial charge in [0.05, 0.1) is 5.60 Å². The summed E-state index contributed by atoms with van der Waals surface area (Å²) in [6, 6.07) is 7.83. The van der Waals surface area contributed by atoms with Crippen molar-refractivity contribution < 1.29 is 9.84 Å². The first-order valence-electron chi connectivity index (χ1n) is 6.31. The summed E-state index contributed by atoms with van der Waals surface area (Å²) >= 11 is 5.86. The molecule has 0 aliphatic carbocycles. The van der Waals surface area contributed by atoms with E-state index in [1.807, 2.05) is 31.3 Å². The smallest absolute Gasteiger partial charge is 0.0817 e. The van der Waals surface area contributed by atoms with E-state index in [-0.39, 0.29) is 0 Å². The summed E-state index contributed by atoms with van der Waals surface area (Å²) in [5.41, 5.74) is 0.608. The van der Waals surface area contributed by atoms with Gasteiger partial charge in [0.25, 0.3) is 0 Å². The zero-order chi connectivity index (χ0) is 13.0. The van der Waals surface area contributed by atoms with Crippen molar-refractivity contribution in [2.45, 2.75) is 25.0 Å². The predicted molar refractivity (Wildman–Crippen MR) is 72.8 cm³/mol. The molecule has 1 fully saturated rings. The first kappa shape index (κ1) is 13.8. The van der Waals surface area contributed by atoms with Crippen molar-refractivity contribution >= 4 is 11.6 Å². The summed E-state index contributed by atoms with van der Waals surface area (Å²) in [7, 11) is 2.03. The second-order valence-corrected chi connectivity index (χ2v) is 5.57. The maximum atomic E-state index is 10.4. The minimum Gasteiger partial charge on any atom is -0.388 e. The van der Waals surface area contributed by atoms with E-state index in [9.17, 15) is 5.11 Å². The molecular weight excluding hydrogens is 250 g/mol. The van der Waals surface area contributed by atoms with Crippen molar-refractivity contribution in [3.05, 3.63) is 34.9 Å². The van der Waals surface area contributed by atoms with Gasteiger partial charge in [-0.1, -0.05) is 23.7 Å². The Labute approximate surface area is 113 Å². The Morgan fingerprint density at radius 3 is 2.50 bits per heavy atom. The number of benzene rings is 1. The Kier molecular flexibility index (Phi) is 4.62. The highest BCUT2D eigenvalue weighted by Gasteiger charge is 2.30. The molecule has 1 aliphatic heterocycles. The van der Waals surface area contributed by atoms with E-state index in [1.54, 1.807) is 0 Å². The second kappa shape index (κ2) is 6.02. The van der Waals surface area contributed by atoms with Gasteiger partial charge in [-0.15, -0.1) is 0 Å². The Morgan fingerprint density at radius 2 is 1.89 bits per heavy atom. The Hall–Kier alpha value is -0.610. The van der Waals surface area contributed by atoms with Crippen LogP contribution in [0, 0.1) is 0 Å². The van der Waals surface area contributed by atoms with E-state index in [4.69, 9.17) is 16.3 Å². The molecule has 1 N–H and O–H groups in total. The first-order chi connectivity index (χ1) is 8.57. The lowest BCUT2D eigenvalue weighted by Crippen LogP contribution is -2.45. The first-order valence-corrected chi connectivity index (χ1v) is 6.68. The summed E-state index contributed by atoms with van der Waals surface area (Å²) in [5.74, 6) is 0. The third-order valence-electron chi connectivity index (χ3n) is 3.35. The maximum absolute atomic E-state index is 10.4. The van der Waals surface area contributed by atoms with Crippen LogP contribution in [0.4, 0.5) is 0 Å². The van der Waals surface area contributed by atoms with Gasteiger partial charge in [0, 0.05) is 44.2 Å². The lowest BCUT2D eigenvalue weighted by atomic mass is 9.94. The molecule has 0 atom stereocenters. The third-order valence-corrected chi connectivity index (χ3v) is 3.61. The van der Waals surface area contributed by atoms with Crippen LogP contribution in [0.25, 0.3) is 0 Å². The van der Waals surface area contributed by atoms with Crippen molar-refractivity contribution in [2.75, 3.05) is 26.8 Å². The molecule has 3 nitrogen and oxygen atoms in total. The number of hydrogen-bond acceptors (Lipinski definition) is 3. The molecule has 4 heteroatoms. The fourth-order valence-corrected chi connectivity index (χ4v) is 2.50. The van der Waals surface area contributed by atoms with Crippen molar-refractivity contribution in [2.24, 2.45) is 0 Å². The number of rotatable bonds is 4. The van der Waals surface area contributed by atoms with E-state index in [2.05, 4.69) is 4.90 Å². The van der Waals surface area contributed by atoms with Gasteiger partial charge in [-0.25, -0.2) is 0 Å². The van der Waals surface area contributed by atoms with E-state index in [1.165, 1.54) is 5.56 Å². The lowest BCUT2D eigenvalue weighted by molar-refractivity contribution is -0.0777. The summed E-state index contributed by atoms with van der Waals surface area (Å²) in [5, 5.41) is 11.2. The number of halogens is 1. The van der Waals surface area contributed by atoms with Crippen LogP contribution in [0.3, 0.4) is 0 Å². The quantitative estimate of drug-likeness (QED) is 0.911. The SMILES string of the molecule is CN(Cc1ccc(Cl)cc1)CC1(O)CCOCC1. The molecule has 0 radical (unpaired) electrons. The normalized spacial score (nSPS) is 19.1. The van der Waals surface area contributed by atoms with Gasteiger partial charge in [0.1, 0.15) is 0 Å². The molecule has 0 unspecified atom stereocenters. The van der Waals surface area contributed by atoms with Gasteiger partial charge in [0.15, 0.2) is 0 Å². The van der Waals surface area contributed by atoms with Crippen molar-refractivity contribution in [1.29, 1.82) is 0 Å². The van der Waals surface area contributed by atoms with Crippen LogP contribution >= 0.6 is 11.6 Å². The fourth-order valence-electron chi connectivity index (χ4n) is 2.37. The largest absolute Gasteiger partial charge is 0.388 e. The van der Waals surface area contributed by atoms with Gasteiger partial charge in [-0.2, -0.15) is 0 Å². The Morgan fingerprint density at radius 1 is 1.28 bits per heavy atom. The lowest BCUT2D eigenvalue weighted by Gasteiger charge is -2.35. The van der Waals surface area contributed by atoms with E-state index in [0.29, 0.717) is 19.8 Å². The minimum atomic E-state index is -0.598. The molecular formula is C14H20ClNO2. The molecule has 2 rings (SSSR count). The highest BCUT2D eigenvalue weighted by atomic mass is 35.5.